The van der Waals surface area contributed by atoms with E-state index in [9.17, 15) is 4.79 Å². The minimum absolute atomic E-state index is 0.530. The maximum absolute atomic E-state index is 11.1. The van der Waals surface area contributed by atoms with Crippen LogP contribution in [0.15, 0.2) is 22.7 Å². The first-order valence-electron chi connectivity index (χ1n) is 4.97. The molecular weight excluding hydrogens is 293 g/mol. The van der Waals surface area contributed by atoms with Crippen LogP contribution in [0.4, 0.5) is 0 Å². The third-order valence-corrected chi connectivity index (χ3v) is 3.07. The van der Waals surface area contributed by atoms with Crippen LogP contribution in [0.3, 0.4) is 0 Å². The van der Waals surface area contributed by atoms with Gasteiger partial charge in [0.05, 0.1) is 0 Å². The molecule has 0 bridgehead atoms. The lowest BCUT2D eigenvalue weighted by Crippen LogP contribution is -2.29. The summed E-state index contributed by atoms with van der Waals surface area (Å²) in [6.07, 6.45) is 0.877. The average molecular weight is 307 g/mol. The van der Waals surface area contributed by atoms with E-state index in [-0.39, 0.29) is 0 Å². The molecule has 1 aromatic rings. The van der Waals surface area contributed by atoms with E-state index in [1.54, 1.807) is 18.2 Å². The molecule has 0 aliphatic heterocycles. The van der Waals surface area contributed by atoms with Gasteiger partial charge in [0, 0.05) is 9.50 Å². The summed E-state index contributed by atoms with van der Waals surface area (Å²) in [7, 11) is 0. The number of rotatable bonds is 5. The van der Waals surface area contributed by atoms with Crippen molar-refractivity contribution in [2.45, 2.75) is 19.4 Å². The van der Waals surface area contributed by atoms with Crippen LogP contribution >= 0.6 is 27.5 Å². The second-order valence-electron chi connectivity index (χ2n) is 3.39. The smallest absolute Gasteiger partial charge is 0.325 e. The van der Waals surface area contributed by atoms with Crippen LogP contribution in [0.2, 0.25) is 5.02 Å². The number of nitrogens with one attached hydrogen (secondary N) is 1. The Morgan fingerprint density at radius 2 is 2.31 bits per heavy atom. The van der Waals surface area contributed by atoms with E-state index >= 15 is 0 Å². The molecule has 1 aromatic carbocycles. The van der Waals surface area contributed by atoms with Gasteiger partial charge in [0.1, 0.15) is 6.04 Å². The van der Waals surface area contributed by atoms with E-state index in [1.807, 2.05) is 6.92 Å². The van der Waals surface area contributed by atoms with Gasteiger partial charge in [0.2, 0.25) is 0 Å². The van der Waals surface area contributed by atoms with Crippen LogP contribution in [0.1, 0.15) is 24.9 Å². The van der Waals surface area contributed by atoms with Crippen molar-refractivity contribution in [3.63, 3.8) is 0 Å². The highest BCUT2D eigenvalue weighted by Crippen LogP contribution is 2.27. The number of carbonyl (C=O) groups is 1. The molecule has 0 amide bonds. The Morgan fingerprint density at radius 1 is 1.62 bits per heavy atom. The van der Waals surface area contributed by atoms with Crippen LogP contribution in [0.25, 0.3) is 0 Å². The molecule has 1 atom stereocenters. The SMILES string of the molecule is CCCNC(C(=O)O)c1cc(Cl)ccc1Br. The minimum Gasteiger partial charge on any atom is -0.480 e. The predicted octanol–water partition coefficient (Wildman–Crippen LogP) is 3.23. The maximum Gasteiger partial charge on any atom is 0.325 e. The van der Waals surface area contributed by atoms with Gasteiger partial charge in [-0.25, -0.2) is 0 Å². The van der Waals surface area contributed by atoms with E-state index in [2.05, 4.69) is 21.2 Å². The van der Waals surface area contributed by atoms with Gasteiger partial charge in [-0.3, -0.25) is 4.79 Å². The summed E-state index contributed by atoms with van der Waals surface area (Å²) in [5.41, 5.74) is 0.647. The fourth-order valence-corrected chi connectivity index (χ4v) is 2.01. The van der Waals surface area contributed by atoms with Gasteiger partial charge in [-0.05, 0) is 36.7 Å². The zero-order valence-electron chi connectivity index (χ0n) is 8.84. The van der Waals surface area contributed by atoms with Crippen LogP contribution in [-0.4, -0.2) is 17.6 Å². The molecule has 3 nitrogen and oxygen atoms in total. The van der Waals surface area contributed by atoms with Crippen LogP contribution in [0, 0.1) is 0 Å². The highest BCUT2D eigenvalue weighted by atomic mass is 79.9. The summed E-state index contributed by atoms with van der Waals surface area (Å²) in [5.74, 6) is -0.906. The number of benzene rings is 1. The fourth-order valence-electron chi connectivity index (χ4n) is 1.35. The van der Waals surface area contributed by atoms with Crippen LogP contribution in [0.5, 0.6) is 0 Å². The second-order valence-corrected chi connectivity index (χ2v) is 4.68. The number of hydrogen-bond acceptors (Lipinski definition) is 2. The summed E-state index contributed by atoms with van der Waals surface area (Å²) in [6, 6.07) is 4.40. The van der Waals surface area contributed by atoms with Crippen molar-refractivity contribution >= 4 is 33.5 Å². The molecule has 1 unspecified atom stereocenters. The van der Waals surface area contributed by atoms with Gasteiger partial charge in [0.25, 0.3) is 0 Å². The van der Waals surface area contributed by atoms with Gasteiger partial charge < -0.3 is 10.4 Å². The first-order chi connectivity index (χ1) is 7.56. The Hall–Kier alpha value is -0.580. The monoisotopic (exact) mass is 305 g/mol. The van der Waals surface area contributed by atoms with Gasteiger partial charge >= 0.3 is 5.97 Å². The molecule has 88 valence electrons. The molecule has 0 fully saturated rings. The summed E-state index contributed by atoms with van der Waals surface area (Å²) < 4.78 is 0.743. The Labute approximate surface area is 108 Å². The Morgan fingerprint density at radius 3 is 2.88 bits per heavy atom. The molecule has 0 radical (unpaired) electrons. The summed E-state index contributed by atoms with van der Waals surface area (Å²) >= 11 is 9.19. The predicted molar refractivity (Wildman–Crippen MR) is 67.8 cm³/mol. The molecule has 16 heavy (non-hydrogen) atoms. The van der Waals surface area contributed by atoms with Crippen molar-refractivity contribution in [3.05, 3.63) is 33.3 Å². The van der Waals surface area contributed by atoms with Gasteiger partial charge in [0.15, 0.2) is 0 Å². The quantitative estimate of drug-likeness (QED) is 0.878. The topological polar surface area (TPSA) is 49.3 Å². The number of hydrogen-bond donors (Lipinski definition) is 2. The van der Waals surface area contributed by atoms with Crippen molar-refractivity contribution in [2.75, 3.05) is 6.54 Å². The molecule has 2 N–H and O–H groups in total. The number of aliphatic carboxylic acids is 1. The maximum atomic E-state index is 11.1. The van der Waals surface area contributed by atoms with Crippen LogP contribution < -0.4 is 5.32 Å². The van der Waals surface area contributed by atoms with E-state index in [1.165, 1.54) is 0 Å². The van der Waals surface area contributed by atoms with Gasteiger partial charge in [-0.1, -0.05) is 34.5 Å². The lowest BCUT2D eigenvalue weighted by Gasteiger charge is -2.16. The average Bonchev–Trinajstić information content (AvgIpc) is 2.23. The second kappa shape index (κ2) is 6.23. The summed E-state index contributed by atoms with van der Waals surface area (Å²) in [6.45, 7) is 2.63. The lowest BCUT2D eigenvalue weighted by atomic mass is 10.1. The zero-order valence-corrected chi connectivity index (χ0v) is 11.2. The molecule has 0 aromatic heterocycles. The third-order valence-electron chi connectivity index (χ3n) is 2.11. The van der Waals surface area contributed by atoms with Crippen molar-refractivity contribution in [2.24, 2.45) is 0 Å². The third kappa shape index (κ3) is 3.47. The Kier molecular flexibility index (Phi) is 5.25. The lowest BCUT2D eigenvalue weighted by molar-refractivity contribution is -0.139. The molecule has 0 saturated carbocycles. The van der Waals surface area contributed by atoms with E-state index in [0.717, 1.165) is 10.9 Å². The molecule has 0 aliphatic rings. The van der Waals surface area contributed by atoms with E-state index < -0.39 is 12.0 Å². The molecule has 5 heteroatoms. The Bertz CT molecular complexity index is 384. The zero-order chi connectivity index (χ0) is 12.1. The van der Waals surface area contributed by atoms with Crippen molar-refractivity contribution < 1.29 is 9.90 Å². The number of carboxylic acids is 1. The molecule has 0 saturated heterocycles. The fraction of sp³-hybridized carbons (Fsp3) is 0.364. The van der Waals surface area contributed by atoms with E-state index in [0.29, 0.717) is 17.1 Å². The molecule has 1 rings (SSSR count). The highest BCUT2D eigenvalue weighted by Gasteiger charge is 2.21. The van der Waals surface area contributed by atoms with Gasteiger partial charge in [-0.2, -0.15) is 0 Å². The van der Waals surface area contributed by atoms with Crippen LogP contribution in [-0.2, 0) is 4.79 Å². The standard InChI is InChI=1S/C11H13BrClNO2/c1-2-5-14-10(11(15)16)8-6-7(13)3-4-9(8)12/h3-4,6,10,14H,2,5H2,1H3,(H,15,16). The van der Waals surface area contributed by atoms with Crippen molar-refractivity contribution in [1.82, 2.24) is 5.32 Å². The molecule has 0 aliphatic carbocycles. The number of halogens is 2. The van der Waals surface area contributed by atoms with Gasteiger partial charge in [-0.15, -0.1) is 0 Å². The van der Waals surface area contributed by atoms with Crippen molar-refractivity contribution in [1.29, 1.82) is 0 Å². The minimum atomic E-state index is -0.906. The molecule has 0 spiro atoms. The molecule has 0 heterocycles. The number of carboxylic acid groups (broad SMARTS) is 1. The first-order valence-corrected chi connectivity index (χ1v) is 6.14. The normalized spacial score (nSPS) is 12.4. The largest absolute Gasteiger partial charge is 0.480 e. The summed E-state index contributed by atoms with van der Waals surface area (Å²) in [5, 5.41) is 12.6. The van der Waals surface area contributed by atoms with E-state index in [4.69, 9.17) is 16.7 Å². The first kappa shape index (κ1) is 13.5. The Balaban J connectivity index is 3.00. The summed E-state index contributed by atoms with van der Waals surface area (Å²) in [4.78, 5) is 11.1. The highest BCUT2D eigenvalue weighted by molar-refractivity contribution is 9.10. The van der Waals surface area contributed by atoms with Crippen molar-refractivity contribution in [3.8, 4) is 0 Å². The molecular formula is C11H13BrClNO2.